The first-order valence-corrected chi connectivity index (χ1v) is 2.21. The SMILES string of the molecule is NS(=O)(=O)[O-].[K].[NH4+]. The van der Waals surface area contributed by atoms with Gasteiger partial charge in [-0.2, -0.15) is 0 Å². The zero-order valence-electron chi connectivity index (χ0n) is 4.21. The minimum atomic E-state index is -4.42. The molecule has 0 rings (SSSR count). The van der Waals surface area contributed by atoms with Crippen molar-refractivity contribution in [2.24, 2.45) is 5.14 Å². The summed E-state index contributed by atoms with van der Waals surface area (Å²) in [5.74, 6) is 0. The first-order valence-electron chi connectivity index (χ1n) is 0.736. The van der Waals surface area contributed by atoms with Crippen molar-refractivity contribution in [3.8, 4) is 0 Å². The van der Waals surface area contributed by atoms with E-state index >= 15 is 0 Å². The smallest absolute Gasteiger partial charge is 0.156 e. The molecule has 0 aromatic heterocycles. The molecule has 0 fully saturated rings. The van der Waals surface area contributed by atoms with Crippen LogP contribution in [0.4, 0.5) is 0 Å². The Morgan fingerprint density at radius 1 is 1.43 bits per heavy atom. The third-order valence-corrected chi connectivity index (χ3v) is 0. The van der Waals surface area contributed by atoms with Crippen molar-refractivity contribution in [3.05, 3.63) is 0 Å². The van der Waals surface area contributed by atoms with Gasteiger partial charge in [-0.1, -0.05) is 0 Å². The molecule has 7 heteroatoms. The molecule has 0 spiro atoms. The second-order valence-electron chi connectivity index (χ2n) is 0.493. The third kappa shape index (κ3) is 104. The topological polar surface area (TPSA) is 120 Å². The quantitative estimate of drug-likeness (QED) is 0.322. The average molecular weight is 153 g/mol. The second-order valence-corrected chi connectivity index (χ2v) is 1.48. The molecule has 0 aromatic rings. The second kappa shape index (κ2) is 5.60. The van der Waals surface area contributed by atoms with Crippen molar-refractivity contribution >= 4 is 61.7 Å². The van der Waals surface area contributed by atoms with Crippen molar-refractivity contribution in [1.82, 2.24) is 6.15 Å². The van der Waals surface area contributed by atoms with Crippen molar-refractivity contribution in [1.29, 1.82) is 0 Å². The van der Waals surface area contributed by atoms with Gasteiger partial charge in [0, 0.05) is 51.4 Å². The number of nitrogens with two attached hydrogens (primary N) is 1. The predicted octanol–water partition coefficient (Wildman–Crippen LogP) is -1.60. The Bertz CT molecular complexity index is 96.1. The van der Waals surface area contributed by atoms with Gasteiger partial charge < -0.3 is 10.7 Å². The maximum Gasteiger partial charge on any atom is 0.156 e. The molecule has 1 radical (unpaired) electrons. The van der Waals surface area contributed by atoms with Crippen molar-refractivity contribution in [2.45, 2.75) is 0 Å². The molecule has 0 atom stereocenters. The van der Waals surface area contributed by atoms with Crippen LogP contribution in [0.5, 0.6) is 0 Å². The van der Waals surface area contributed by atoms with E-state index in [-0.39, 0.29) is 57.5 Å². The van der Waals surface area contributed by atoms with E-state index < -0.39 is 10.3 Å². The summed E-state index contributed by atoms with van der Waals surface area (Å²) in [6, 6.07) is 0. The summed E-state index contributed by atoms with van der Waals surface area (Å²) >= 11 is 0. The third-order valence-electron chi connectivity index (χ3n) is 0. The van der Waals surface area contributed by atoms with E-state index in [1.54, 1.807) is 0 Å². The standard InChI is InChI=1S/K.H3NO3S.H3N/c;1-5(2,3)4;/h;(H3,1,2,3,4);1H3. The molecule has 6 N–H and O–H groups in total. The van der Waals surface area contributed by atoms with Crippen LogP contribution in [-0.2, 0) is 10.3 Å². The van der Waals surface area contributed by atoms with Crippen LogP contribution < -0.4 is 11.3 Å². The molecule has 0 aliphatic heterocycles. The van der Waals surface area contributed by atoms with E-state index in [0.29, 0.717) is 0 Å². The normalized spacial score (nSPS) is 8.29. The van der Waals surface area contributed by atoms with E-state index in [4.69, 9.17) is 13.0 Å². The zero-order chi connectivity index (χ0) is 4.50. The molecule has 0 heterocycles. The first-order chi connectivity index (χ1) is 2.00. The van der Waals surface area contributed by atoms with Crippen LogP contribution in [0.3, 0.4) is 0 Å². The monoisotopic (exact) mass is 153 g/mol. The molecule has 0 saturated heterocycles. The van der Waals surface area contributed by atoms with Crippen LogP contribution in [0, 0.1) is 0 Å². The van der Waals surface area contributed by atoms with Gasteiger partial charge in [-0.3, -0.25) is 0 Å². The molecule has 5 nitrogen and oxygen atoms in total. The van der Waals surface area contributed by atoms with Crippen molar-refractivity contribution < 1.29 is 13.0 Å². The molecule has 41 valence electrons. The zero-order valence-corrected chi connectivity index (χ0v) is 8.15. The van der Waals surface area contributed by atoms with Crippen molar-refractivity contribution in [3.63, 3.8) is 0 Å². The van der Waals surface area contributed by atoms with Gasteiger partial charge in [0.2, 0.25) is 0 Å². The summed E-state index contributed by atoms with van der Waals surface area (Å²) < 4.78 is 26.6. The average Bonchev–Trinajstić information content (AvgIpc) is 0.722. The van der Waals surface area contributed by atoms with Gasteiger partial charge in [0.15, 0.2) is 10.3 Å². The molecule has 0 unspecified atom stereocenters. The largest absolute Gasteiger partial charge is 0.736 e. The molecule has 7 heavy (non-hydrogen) atoms. The minimum absolute atomic E-state index is 0. The number of hydrogen-bond donors (Lipinski definition) is 2. The van der Waals surface area contributed by atoms with Crippen LogP contribution in [0.1, 0.15) is 0 Å². The van der Waals surface area contributed by atoms with E-state index in [2.05, 4.69) is 5.14 Å². The van der Waals surface area contributed by atoms with Gasteiger partial charge in [0.05, 0.1) is 0 Å². The van der Waals surface area contributed by atoms with E-state index in [1.165, 1.54) is 0 Å². The van der Waals surface area contributed by atoms with E-state index in [9.17, 15) is 0 Å². The van der Waals surface area contributed by atoms with Crippen LogP contribution >= 0.6 is 0 Å². The molecule has 0 amide bonds. The molecule has 0 saturated carbocycles. The fraction of sp³-hybridized carbons (Fsp3) is 0. The van der Waals surface area contributed by atoms with Crippen LogP contribution in [0.25, 0.3) is 0 Å². The van der Waals surface area contributed by atoms with Gasteiger partial charge in [-0.05, 0) is 0 Å². The summed E-state index contributed by atoms with van der Waals surface area (Å²) in [6.07, 6.45) is 0. The summed E-state index contributed by atoms with van der Waals surface area (Å²) in [5.41, 5.74) is 0. The summed E-state index contributed by atoms with van der Waals surface area (Å²) in [6.45, 7) is 0. The molecule has 0 aliphatic carbocycles. The van der Waals surface area contributed by atoms with Crippen LogP contribution in [0.15, 0.2) is 0 Å². The predicted molar refractivity (Wildman–Crippen MR) is 25.6 cm³/mol. The van der Waals surface area contributed by atoms with Crippen LogP contribution in [-0.4, -0.2) is 64.4 Å². The number of rotatable bonds is 0. The van der Waals surface area contributed by atoms with Gasteiger partial charge in [-0.25, -0.2) is 13.6 Å². The fourth-order valence-corrected chi connectivity index (χ4v) is 0. The molecular formula is H6KN2O3S. The Kier molecular flexibility index (Phi) is 12.6. The Morgan fingerprint density at radius 3 is 1.43 bits per heavy atom. The molecule has 0 bridgehead atoms. The number of hydrogen-bond acceptors (Lipinski definition) is 3. The Labute approximate surface area is 84.5 Å². The van der Waals surface area contributed by atoms with Gasteiger partial charge >= 0.3 is 0 Å². The maximum absolute atomic E-state index is 8.85. The Morgan fingerprint density at radius 2 is 1.43 bits per heavy atom. The molecular weight excluding hydrogens is 147 g/mol. The van der Waals surface area contributed by atoms with Crippen LogP contribution in [0.2, 0.25) is 0 Å². The van der Waals surface area contributed by atoms with Gasteiger partial charge in [-0.15, -0.1) is 0 Å². The number of quaternary nitrogens is 1. The molecule has 0 aromatic carbocycles. The fourth-order valence-electron chi connectivity index (χ4n) is 0. The summed E-state index contributed by atoms with van der Waals surface area (Å²) in [5, 5.41) is 3.77. The minimum Gasteiger partial charge on any atom is -0.736 e. The van der Waals surface area contributed by atoms with Gasteiger partial charge in [0.1, 0.15) is 0 Å². The maximum atomic E-state index is 8.85. The Hall–Kier alpha value is 1.47. The molecule has 0 aliphatic rings. The summed E-state index contributed by atoms with van der Waals surface area (Å²) in [7, 11) is -4.42. The van der Waals surface area contributed by atoms with E-state index in [1.807, 2.05) is 0 Å². The van der Waals surface area contributed by atoms with Crippen molar-refractivity contribution in [2.75, 3.05) is 0 Å². The van der Waals surface area contributed by atoms with Gasteiger partial charge in [0.25, 0.3) is 0 Å². The first kappa shape index (κ1) is 15.8. The summed E-state index contributed by atoms with van der Waals surface area (Å²) in [4.78, 5) is 0. The van der Waals surface area contributed by atoms with E-state index in [0.717, 1.165) is 0 Å². The Balaban J connectivity index is -0.0000000800.